The fourth-order valence-electron chi connectivity index (χ4n) is 9.89. The Hall–Kier alpha value is -0.230. The minimum atomic E-state index is -5.06. The van der Waals surface area contributed by atoms with Crippen LogP contribution in [0.3, 0.4) is 0 Å². The third-order valence-corrected chi connectivity index (χ3v) is 13.6. The lowest BCUT2D eigenvalue weighted by atomic mass is 9.46. The minimum absolute atomic E-state index is 0.0261. The van der Waals surface area contributed by atoms with Crippen LogP contribution in [0, 0.1) is 52.3 Å². The van der Waals surface area contributed by atoms with Crippen molar-refractivity contribution in [3.8, 4) is 0 Å². The molecule has 3 saturated carbocycles. The van der Waals surface area contributed by atoms with Crippen molar-refractivity contribution >= 4 is 7.60 Å². The van der Waals surface area contributed by atoms with E-state index < -0.39 is 31.6 Å². The molecule has 0 amide bonds. The Bertz CT molecular complexity index is 899. The first kappa shape index (κ1) is 29.7. The van der Waals surface area contributed by atoms with E-state index in [4.69, 9.17) is 0 Å². The summed E-state index contributed by atoms with van der Waals surface area (Å²) in [5, 5.41) is 28.2. The molecule has 0 aromatic heterocycles. The second-order valence-corrected chi connectivity index (χ2v) is 16.1. The van der Waals surface area contributed by atoms with Gasteiger partial charge in [-0.25, -0.2) is 0 Å². The van der Waals surface area contributed by atoms with Crippen molar-refractivity contribution in [3.05, 3.63) is 11.6 Å². The first-order valence-corrected chi connectivity index (χ1v) is 16.6. The fourth-order valence-corrected chi connectivity index (χ4v) is 11.1. The van der Waals surface area contributed by atoms with Crippen LogP contribution in [0.1, 0.15) is 105 Å². The number of hydrogen-bond acceptors (Lipinski definition) is 4. The molecule has 0 aromatic carbocycles. The van der Waals surface area contributed by atoms with Gasteiger partial charge in [0.1, 0.15) is 6.10 Å². The molecule has 6 unspecified atom stereocenters. The lowest BCUT2D eigenvalue weighted by molar-refractivity contribution is -0.104. The van der Waals surface area contributed by atoms with E-state index in [1.807, 2.05) is 0 Å². The molecule has 0 aromatic rings. The number of aliphatic hydroxyl groups excluding tert-OH is 2. The standard InChI is InChI=1S/C30H53O6P/c1-19(2)7-6-8-20(3)24-11-12-25-23-10-9-21-17-22(30(33,27(32)18-31)37(34,35)36)13-15-28(21,4)26(23)14-16-29(24,25)5/h9,19-20,22-27,31-33H,6-8,10-18H2,1-5H3,(H2,34,35,36)/t20-,22?,23?,24-,25?,26?,27?,28+,29-,30?/m1/s1. The molecule has 37 heavy (non-hydrogen) atoms. The Morgan fingerprint density at radius 2 is 1.76 bits per heavy atom. The molecule has 4 aliphatic rings. The molecule has 214 valence electrons. The van der Waals surface area contributed by atoms with Gasteiger partial charge >= 0.3 is 7.60 Å². The number of hydrogen-bond donors (Lipinski definition) is 5. The SMILES string of the molecule is CC(C)CCC[C@@H](C)[C@H]1CCC2C3CC=C4CC(C(O)(C(O)CO)P(=O)(O)O)CC[C@]4(C)C3CC[C@@]21C. The maximum absolute atomic E-state index is 12.3. The lowest BCUT2D eigenvalue weighted by Gasteiger charge is -2.59. The summed E-state index contributed by atoms with van der Waals surface area (Å²) in [7, 11) is -5.06. The largest absolute Gasteiger partial charge is 0.394 e. The maximum Gasteiger partial charge on any atom is 0.359 e. The van der Waals surface area contributed by atoms with E-state index in [0.29, 0.717) is 30.1 Å². The van der Waals surface area contributed by atoms with Gasteiger partial charge in [0, 0.05) is 5.92 Å². The Morgan fingerprint density at radius 3 is 2.38 bits per heavy atom. The van der Waals surface area contributed by atoms with Crippen LogP contribution >= 0.6 is 7.60 Å². The highest BCUT2D eigenvalue weighted by Crippen LogP contribution is 2.69. The molecular weight excluding hydrogens is 487 g/mol. The van der Waals surface area contributed by atoms with E-state index in [0.717, 1.165) is 36.5 Å². The number of allylic oxidation sites excluding steroid dienone is 2. The number of rotatable bonds is 9. The van der Waals surface area contributed by atoms with E-state index in [1.165, 1.54) is 50.5 Å². The average molecular weight is 541 g/mol. The van der Waals surface area contributed by atoms with Gasteiger partial charge in [0.05, 0.1) is 6.61 Å². The predicted molar refractivity (Wildman–Crippen MR) is 147 cm³/mol. The highest BCUT2D eigenvalue weighted by molar-refractivity contribution is 7.53. The van der Waals surface area contributed by atoms with Crippen molar-refractivity contribution in [2.45, 2.75) is 117 Å². The summed E-state index contributed by atoms with van der Waals surface area (Å²) in [5.74, 6) is 3.53. The molecule has 0 bridgehead atoms. The summed E-state index contributed by atoms with van der Waals surface area (Å²) in [5.41, 5.74) is 1.58. The highest BCUT2D eigenvalue weighted by Gasteiger charge is 2.62. The van der Waals surface area contributed by atoms with Gasteiger partial charge in [0.2, 0.25) is 0 Å². The van der Waals surface area contributed by atoms with Crippen LogP contribution < -0.4 is 0 Å². The van der Waals surface area contributed by atoms with Crippen LogP contribution in [-0.2, 0) is 4.57 Å². The third-order valence-electron chi connectivity index (χ3n) is 12.0. The Morgan fingerprint density at radius 1 is 1.05 bits per heavy atom. The van der Waals surface area contributed by atoms with Crippen molar-refractivity contribution in [2.75, 3.05) is 6.61 Å². The second-order valence-electron chi connectivity index (χ2n) is 14.3. The molecule has 0 saturated heterocycles. The van der Waals surface area contributed by atoms with E-state index in [2.05, 4.69) is 40.7 Å². The average Bonchev–Trinajstić information content (AvgIpc) is 3.18. The highest BCUT2D eigenvalue weighted by atomic mass is 31.2. The van der Waals surface area contributed by atoms with Gasteiger partial charge in [-0.2, -0.15) is 0 Å². The molecule has 0 spiro atoms. The monoisotopic (exact) mass is 540 g/mol. The zero-order valence-corrected chi connectivity index (χ0v) is 24.7. The van der Waals surface area contributed by atoms with Crippen molar-refractivity contribution in [3.63, 3.8) is 0 Å². The van der Waals surface area contributed by atoms with Crippen LogP contribution in [0.2, 0.25) is 0 Å². The van der Waals surface area contributed by atoms with Gasteiger partial charge in [-0.3, -0.25) is 4.57 Å². The van der Waals surface area contributed by atoms with Crippen molar-refractivity contribution < 1.29 is 29.7 Å². The zero-order chi connectivity index (χ0) is 27.4. The van der Waals surface area contributed by atoms with E-state index >= 15 is 0 Å². The zero-order valence-electron chi connectivity index (χ0n) is 23.8. The molecule has 3 fully saturated rings. The van der Waals surface area contributed by atoms with Crippen LogP contribution in [0.5, 0.6) is 0 Å². The summed E-state index contributed by atoms with van der Waals surface area (Å²) in [4.78, 5) is 20.0. The van der Waals surface area contributed by atoms with Gasteiger partial charge in [-0.1, -0.05) is 65.5 Å². The lowest BCUT2D eigenvalue weighted by Crippen LogP contribution is -2.55. The smallest absolute Gasteiger partial charge is 0.359 e. The molecule has 10 atom stereocenters. The van der Waals surface area contributed by atoms with Gasteiger partial charge in [0.15, 0.2) is 5.34 Å². The van der Waals surface area contributed by atoms with Crippen LogP contribution in [0.25, 0.3) is 0 Å². The Balaban J connectivity index is 1.52. The molecule has 4 aliphatic carbocycles. The molecular formula is C30H53O6P. The van der Waals surface area contributed by atoms with E-state index in [9.17, 15) is 29.7 Å². The molecule has 7 heteroatoms. The van der Waals surface area contributed by atoms with E-state index in [1.54, 1.807) is 0 Å². The molecule has 0 radical (unpaired) electrons. The summed E-state index contributed by atoms with van der Waals surface area (Å²) < 4.78 is 12.3. The van der Waals surface area contributed by atoms with Gasteiger partial charge in [-0.05, 0) is 97.7 Å². The molecule has 4 rings (SSSR count). The van der Waals surface area contributed by atoms with Crippen molar-refractivity contribution in [1.82, 2.24) is 0 Å². The first-order valence-electron chi connectivity index (χ1n) is 15.0. The van der Waals surface area contributed by atoms with Gasteiger partial charge < -0.3 is 25.1 Å². The summed E-state index contributed by atoms with van der Waals surface area (Å²) in [6.45, 7) is 11.2. The predicted octanol–water partition coefficient (Wildman–Crippen LogP) is 5.86. The minimum Gasteiger partial charge on any atom is -0.394 e. The van der Waals surface area contributed by atoms with Gasteiger partial charge in [0.25, 0.3) is 0 Å². The third kappa shape index (κ3) is 4.95. The second kappa shape index (κ2) is 10.6. The first-order chi connectivity index (χ1) is 17.2. The molecule has 0 heterocycles. The van der Waals surface area contributed by atoms with Crippen LogP contribution in [0.15, 0.2) is 11.6 Å². The van der Waals surface area contributed by atoms with E-state index in [-0.39, 0.29) is 5.41 Å². The summed E-state index contributed by atoms with van der Waals surface area (Å²) in [6.07, 6.45) is 12.1. The number of fused-ring (bicyclic) bond motifs is 5. The Labute approximate surface area is 224 Å². The summed E-state index contributed by atoms with van der Waals surface area (Å²) in [6, 6.07) is 0. The molecule has 5 N–H and O–H groups in total. The van der Waals surface area contributed by atoms with Crippen LogP contribution in [0.4, 0.5) is 0 Å². The molecule has 0 aliphatic heterocycles. The quantitative estimate of drug-likeness (QED) is 0.185. The molecule has 6 nitrogen and oxygen atoms in total. The van der Waals surface area contributed by atoms with Gasteiger partial charge in [-0.15, -0.1) is 0 Å². The van der Waals surface area contributed by atoms with Crippen LogP contribution in [-0.4, -0.2) is 43.2 Å². The normalized spacial score (nSPS) is 41.3. The maximum atomic E-state index is 12.3. The van der Waals surface area contributed by atoms with Crippen molar-refractivity contribution in [2.24, 2.45) is 52.3 Å². The Kier molecular flexibility index (Phi) is 8.55. The topological polar surface area (TPSA) is 118 Å². The summed E-state index contributed by atoms with van der Waals surface area (Å²) >= 11 is 0. The van der Waals surface area contributed by atoms with Crippen molar-refractivity contribution in [1.29, 1.82) is 0 Å². The number of aliphatic hydroxyl groups is 3. The fraction of sp³-hybridized carbons (Fsp3) is 0.933.